The third kappa shape index (κ3) is 2.86. The van der Waals surface area contributed by atoms with E-state index in [1.165, 1.54) is 12.8 Å². The Labute approximate surface area is 94.5 Å². The molecule has 5 heteroatoms. The highest BCUT2D eigenvalue weighted by molar-refractivity contribution is 7.80. The van der Waals surface area contributed by atoms with Crippen LogP contribution in [0.25, 0.3) is 0 Å². The third-order valence-electron chi connectivity index (χ3n) is 2.43. The van der Waals surface area contributed by atoms with Crippen LogP contribution in [0.2, 0.25) is 0 Å². The molecule has 1 aromatic rings. The third-order valence-corrected chi connectivity index (χ3v) is 2.63. The molecule has 0 spiro atoms. The predicted octanol–water partition coefficient (Wildman–Crippen LogP) is 1.12. The molecule has 1 aliphatic rings. The molecule has 4 nitrogen and oxygen atoms in total. The van der Waals surface area contributed by atoms with Crippen LogP contribution < -0.4 is 10.6 Å². The molecular weight excluding hydrogens is 208 g/mol. The normalized spacial score (nSPS) is 14.9. The minimum Gasteiger partial charge on any atom is -0.393 e. The number of nitrogens with two attached hydrogens (primary N) is 1. The second-order valence-electron chi connectivity index (χ2n) is 3.70. The molecule has 1 aromatic heterocycles. The number of hydrogen-bond acceptors (Lipinski definition) is 4. The van der Waals surface area contributed by atoms with E-state index in [1.807, 2.05) is 0 Å². The molecule has 1 fully saturated rings. The maximum atomic E-state index is 5.51. The molecule has 1 heterocycles. The SMILES string of the molecule is NC(=S)CCN(c1cnccn1)C1CC1. The highest BCUT2D eigenvalue weighted by Crippen LogP contribution is 2.30. The summed E-state index contributed by atoms with van der Waals surface area (Å²) >= 11 is 4.89. The number of aromatic nitrogens is 2. The van der Waals surface area contributed by atoms with Crippen LogP contribution >= 0.6 is 12.2 Å². The van der Waals surface area contributed by atoms with Gasteiger partial charge in [0, 0.05) is 31.4 Å². The van der Waals surface area contributed by atoms with Crippen molar-refractivity contribution in [3.63, 3.8) is 0 Å². The Morgan fingerprint density at radius 3 is 2.87 bits per heavy atom. The molecule has 0 unspecified atom stereocenters. The maximum Gasteiger partial charge on any atom is 0.147 e. The van der Waals surface area contributed by atoms with Gasteiger partial charge in [-0.25, -0.2) is 4.98 Å². The quantitative estimate of drug-likeness (QED) is 0.757. The average Bonchev–Trinajstić information content (AvgIpc) is 3.03. The van der Waals surface area contributed by atoms with Gasteiger partial charge in [-0.15, -0.1) is 0 Å². The van der Waals surface area contributed by atoms with E-state index < -0.39 is 0 Å². The van der Waals surface area contributed by atoms with Gasteiger partial charge in [-0.3, -0.25) is 4.98 Å². The van der Waals surface area contributed by atoms with E-state index in [0.29, 0.717) is 11.0 Å². The number of anilines is 1. The summed E-state index contributed by atoms with van der Waals surface area (Å²) in [6.45, 7) is 0.846. The summed E-state index contributed by atoms with van der Waals surface area (Å²) in [5.41, 5.74) is 5.51. The Bertz CT molecular complexity index is 337. The first kappa shape index (κ1) is 10.3. The summed E-state index contributed by atoms with van der Waals surface area (Å²) in [6, 6.07) is 0.607. The zero-order valence-corrected chi connectivity index (χ0v) is 9.28. The van der Waals surface area contributed by atoms with Gasteiger partial charge in [-0.2, -0.15) is 0 Å². The lowest BCUT2D eigenvalue weighted by atomic mass is 10.3. The Morgan fingerprint density at radius 1 is 1.53 bits per heavy atom. The van der Waals surface area contributed by atoms with Crippen molar-refractivity contribution in [2.24, 2.45) is 5.73 Å². The largest absolute Gasteiger partial charge is 0.393 e. The lowest BCUT2D eigenvalue weighted by Crippen LogP contribution is -2.30. The Hall–Kier alpha value is -1.23. The zero-order valence-electron chi connectivity index (χ0n) is 8.47. The molecule has 1 aliphatic carbocycles. The fraction of sp³-hybridized carbons (Fsp3) is 0.500. The molecule has 0 radical (unpaired) electrons. The van der Waals surface area contributed by atoms with Crippen molar-refractivity contribution < 1.29 is 0 Å². The summed E-state index contributed by atoms with van der Waals surface area (Å²) in [7, 11) is 0. The van der Waals surface area contributed by atoms with Crippen LogP contribution in [0, 0.1) is 0 Å². The molecule has 0 aliphatic heterocycles. The first-order valence-corrected chi connectivity index (χ1v) is 5.49. The Kier molecular flexibility index (Phi) is 3.11. The fourth-order valence-corrected chi connectivity index (χ4v) is 1.63. The number of hydrogen-bond donors (Lipinski definition) is 1. The Morgan fingerprint density at radius 2 is 2.33 bits per heavy atom. The minimum absolute atomic E-state index is 0.560. The minimum atomic E-state index is 0.560. The molecule has 2 N–H and O–H groups in total. The number of rotatable bonds is 5. The van der Waals surface area contributed by atoms with Crippen LogP contribution in [0.4, 0.5) is 5.82 Å². The van der Waals surface area contributed by atoms with E-state index in [9.17, 15) is 0 Å². The highest BCUT2D eigenvalue weighted by atomic mass is 32.1. The lowest BCUT2D eigenvalue weighted by molar-refractivity contribution is 0.782. The topological polar surface area (TPSA) is 55.0 Å². The average molecular weight is 222 g/mol. The second-order valence-corrected chi connectivity index (χ2v) is 4.23. The van der Waals surface area contributed by atoms with Gasteiger partial charge in [0.2, 0.25) is 0 Å². The van der Waals surface area contributed by atoms with Gasteiger partial charge in [-0.05, 0) is 12.8 Å². The first-order valence-electron chi connectivity index (χ1n) is 5.08. The van der Waals surface area contributed by atoms with E-state index in [4.69, 9.17) is 18.0 Å². The van der Waals surface area contributed by atoms with Gasteiger partial charge in [0.25, 0.3) is 0 Å². The van der Waals surface area contributed by atoms with Gasteiger partial charge >= 0.3 is 0 Å². The van der Waals surface area contributed by atoms with Crippen LogP contribution in [0.5, 0.6) is 0 Å². The first-order chi connectivity index (χ1) is 7.27. The molecular formula is C10H14N4S. The number of nitrogens with zero attached hydrogens (tertiary/aromatic N) is 3. The smallest absolute Gasteiger partial charge is 0.147 e. The molecule has 80 valence electrons. The summed E-state index contributed by atoms with van der Waals surface area (Å²) in [5, 5.41) is 0. The monoisotopic (exact) mass is 222 g/mol. The fourth-order valence-electron chi connectivity index (χ4n) is 1.54. The van der Waals surface area contributed by atoms with E-state index >= 15 is 0 Å². The van der Waals surface area contributed by atoms with Gasteiger partial charge in [-0.1, -0.05) is 12.2 Å². The molecule has 1 saturated carbocycles. The van der Waals surface area contributed by atoms with Gasteiger partial charge in [0.15, 0.2) is 0 Å². The van der Waals surface area contributed by atoms with Crippen molar-refractivity contribution in [1.29, 1.82) is 0 Å². The molecule has 2 rings (SSSR count). The summed E-state index contributed by atoms with van der Waals surface area (Å²) in [6.07, 6.45) is 8.38. The van der Waals surface area contributed by atoms with Gasteiger partial charge < -0.3 is 10.6 Å². The standard InChI is InChI=1S/C10H14N4S/c11-9(15)3-6-14(8-1-2-8)10-7-12-4-5-13-10/h4-5,7-8H,1-3,6H2,(H2,11,15). The molecule has 0 aromatic carbocycles. The van der Waals surface area contributed by atoms with Crippen molar-refractivity contribution >= 4 is 23.0 Å². The molecule has 0 bridgehead atoms. The molecule has 15 heavy (non-hydrogen) atoms. The molecule has 0 atom stereocenters. The van der Waals surface area contributed by atoms with Crippen molar-refractivity contribution in [2.45, 2.75) is 25.3 Å². The van der Waals surface area contributed by atoms with E-state index in [0.717, 1.165) is 18.8 Å². The van der Waals surface area contributed by atoms with Crippen molar-refractivity contribution in [1.82, 2.24) is 9.97 Å². The molecule has 0 saturated heterocycles. The van der Waals surface area contributed by atoms with Crippen LogP contribution in [0.3, 0.4) is 0 Å². The summed E-state index contributed by atoms with van der Waals surface area (Å²) < 4.78 is 0. The zero-order chi connectivity index (χ0) is 10.7. The Balaban J connectivity index is 2.03. The highest BCUT2D eigenvalue weighted by Gasteiger charge is 2.29. The van der Waals surface area contributed by atoms with E-state index in [1.54, 1.807) is 18.6 Å². The van der Waals surface area contributed by atoms with Crippen molar-refractivity contribution in [3.8, 4) is 0 Å². The summed E-state index contributed by atoms with van der Waals surface area (Å²) in [5.74, 6) is 0.927. The maximum absolute atomic E-state index is 5.51. The molecule has 0 amide bonds. The van der Waals surface area contributed by atoms with E-state index in [2.05, 4.69) is 14.9 Å². The number of thiocarbonyl (C=S) groups is 1. The van der Waals surface area contributed by atoms with Gasteiger partial charge in [0.1, 0.15) is 5.82 Å². The van der Waals surface area contributed by atoms with Crippen LogP contribution in [-0.2, 0) is 0 Å². The second kappa shape index (κ2) is 4.53. The summed E-state index contributed by atoms with van der Waals surface area (Å²) in [4.78, 5) is 11.2. The van der Waals surface area contributed by atoms with Crippen LogP contribution in [0.15, 0.2) is 18.6 Å². The van der Waals surface area contributed by atoms with Crippen LogP contribution in [0.1, 0.15) is 19.3 Å². The van der Waals surface area contributed by atoms with Crippen LogP contribution in [-0.4, -0.2) is 27.5 Å². The van der Waals surface area contributed by atoms with Crippen molar-refractivity contribution in [3.05, 3.63) is 18.6 Å². The van der Waals surface area contributed by atoms with Crippen molar-refractivity contribution in [2.75, 3.05) is 11.4 Å². The predicted molar refractivity (Wildman–Crippen MR) is 63.8 cm³/mol. The lowest BCUT2D eigenvalue weighted by Gasteiger charge is -2.22. The van der Waals surface area contributed by atoms with Gasteiger partial charge in [0.05, 0.1) is 11.2 Å². The van der Waals surface area contributed by atoms with E-state index in [-0.39, 0.29) is 0 Å².